The lowest BCUT2D eigenvalue weighted by Gasteiger charge is -2.22. The maximum atomic E-state index is 12.4. The number of rotatable bonds is 7. The molecule has 0 aliphatic rings. The van der Waals surface area contributed by atoms with Gasteiger partial charge in [-0.15, -0.1) is 0 Å². The highest BCUT2D eigenvalue weighted by molar-refractivity contribution is 9.10. The lowest BCUT2D eigenvalue weighted by molar-refractivity contribution is -0.134. The van der Waals surface area contributed by atoms with Crippen LogP contribution in [0.2, 0.25) is 0 Å². The molecule has 0 bridgehead atoms. The molecular formula is C21H26BrN3O2. The van der Waals surface area contributed by atoms with Crippen molar-refractivity contribution in [3.8, 4) is 0 Å². The lowest BCUT2D eigenvalue weighted by Crippen LogP contribution is -2.40. The number of benzene rings is 2. The maximum Gasteiger partial charge on any atom is 0.243 e. The predicted octanol–water partition coefficient (Wildman–Crippen LogP) is 3.59. The number of aryl methyl sites for hydroxylation is 2. The van der Waals surface area contributed by atoms with Crippen LogP contribution in [0.1, 0.15) is 16.7 Å². The molecule has 0 saturated heterocycles. The van der Waals surface area contributed by atoms with Crippen molar-refractivity contribution in [1.82, 2.24) is 9.80 Å². The van der Waals surface area contributed by atoms with Crippen LogP contribution in [-0.2, 0) is 16.1 Å². The highest BCUT2D eigenvalue weighted by Crippen LogP contribution is 2.18. The number of nitrogens with one attached hydrogen (secondary N) is 1. The van der Waals surface area contributed by atoms with E-state index in [0.717, 1.165) is 26.9 Å². The van der Waals surface area contributed by atoms with Crippen LogP contribution in [0.15, 0.2) is 46.9 Å². The number of carbonyl (C=O) groups is 2. The molecule has 1 N–H and O–H groups in total. The van der Waals surface area contributed by atoms with Crippen LogP contribution in [0, 0.1) is 13.8 Å². The van der Waals surface area contributed by atoms with E-state index < -0.39 is 0 Å². The monoisotopic (exact) mass is 431 g/mol. The van der Waals surface area contributed by atoms with Gasteiger partial charge in [-0.2, -0.15) is 0 Å². The first-order valence-electron chi connectivity index (χ1n) is 8.79. The number of halogens is 1. The predicted molar refractivity (Wildman–Crippen MR) is 113 cm³/mol. The molecule has 2 rings (SSSR count). The van der Waals surface area contributed by atoms with Crippen LogP contribution < -0.4 is 5.32 Å². The number of likely N-dealkylation sites (N-methyl/N-ethyl adjacent to an activating group) is 2. The zero-order valence-electron chi connectivity index (χ0n) is 16.3. The van der Waals surface area contributed by atoms with Crippen molar-refractivity contribution >= 4 is 33.4 Å². The summed E-state index contributed by atoms with van der Waals surface area (Å²) in [5.41, 5.74) is 3.97. The molecule has 2 aromatic carbocycles. The Bertz CT molecular complexity index is 823. The summed E-state index contributed by atoms with van der Waals surface area (Å²) >= 11 is 3.52. The molecule has 5 nitrogen and oxygen atoms in total. The van der Waals surface area contributed by atoms with E-state index in [1.807, 2.05) is 68.3 Å². The minimum atomic E-state index is -0.201. The third-order valence-electron chi connectivity index (χ3n) is 4.28. The fraction of sp³-hybridized carbons (Fsp3) is 0.333. The molecule has 0 fully saturated rings. The normalized spacial score (nSPS) is 10.7. The van der Waals surface area contributed by atoms with E-state index >= 15 is 0 Å². The Hall–Kier alpha value is -2.18. The summed E-state index contributed by atoms with van der Waals surface area (Å²) < 4.78 is 1.02. The molecule has 0 aliphatic heterocycles. The first-order valence-corrected chi connectivity index (χ1v) is 9.58. The van der Waals surface area contributed by atoms with Crippen molar-refractivity contribution in [1.29, 1.82) is 0 Å². The molecule has 2 amide bonds. The average Bonchev–Trinajstić information content (AvgIpc) is 2.60. The summed E-state index contributed by atoms with van der Waals surface area (Å²) in [4.78, 5) is 28.1. The molecule has 0 atom stereocenters. The molecule has 0 aromatic heterocycles. The van der Waals surface area contributed by atoms with E-state index in [1.54, 1.807) is 7.05 Å². The van der Waals surface area contributed by atoms with Gasteiger partial charge in [-0.25, -0.2) is 0 Å². The first kappa shape index (κ1) is 21.1. The second-order valence-electron chi connectivity index (χ2n) is 6.88. The van der Waals surface area contributed by atoms with Crippen molar-refractivity contribution in [2.45, 2.75) is 20.4 Å². The Morgan fingerprint density at radius 2 is 1.74 bits per heavy atom. The number of hydrogen-bond donors (Lipinski definition) is 1. The summed E-state index contributed by atoms with van der Waals surface area (Å²) in [6.07, 6.45) is 0. The lowest BCUT2D eigenvalue weighted by atomic mass is 10.1. The van der Waals surface area contributed by atoms with Crippen molar-refractivity contribution in [3.05, 3.63) is 63.6 Å². The van der Waals surface area contributed by atoms with Crippen molar-refractivity contribution < 1.29 is 9.59 Å². The van der Waals surface area contributed by atoms with Gasteiger partial charge in [0.2, 0.25) is 11.8 Å². The van der Waals surface area contributed by atoms with E-state index in [2.05, 4.69) is 21.2 Å². The molecule has 27 heavy (non-hydrogen) atoms. The zero-order valence-corrected chi connectivity index (χ0v) is 17.8. The number of anilines is 1. The standard InChI is InChI=1S/C21H26BrN3O2/c1-15-9-10-16(2)19(11-15)23-20(26)13-25(4)21(27)14-24(3)12-17-7-5-6-8-18(17)22/h5-11H,12-14H2,1-4H3,(H,23,26). The number of hydrogen-bond acceptors (Lipinski definition) is 3. The van der Waals surface area contributed by atoms with Gasteiger partial charge in [-0.05, 0) is 49.7 Å². The second-order valence-corrected chi connectivity index (χ2v) is 7.73. The van der Waals surface area contributed by atoms with Gasteiger partial charge in [-0.1, -0.05) is 46.3 Å². The summed E-state index contributed by atoms with van der Waals surface area (Å²) in [6.45, 7) is 4.84. The highest BCUT2D eigenvalue weighted by Gasteiger charge is 2.16. The van der Waals surface area contributed by atoms with Gasteiger partial charge in [0.15, 0.2) is 0 Å². The van der Waals surface area contributed by atoms with Crippen LogP contribution >= 0.6 is 15.9 Å². The van der Waals surface area contributed by atoms with Gasteiger partial charge < -0.3 is 10.2 Å². The molecule has 0 unspecified atom stereocenters. The van der Waals surface area contributed by atoms with Gasteiger partial charge in [0, 0.05) is 23.8 Å². The molecular weight excluding hydrogens is 406 g/mol. The Morgan fingerprint density at radius 1 is 1.04 bits per heavy atom. The van der Waals surface area contributed by atoms with E-state index in [1.165, 1.54) is 4.90 Å². The van der Waals surface area contributed by atoms with E-state index in [9.17, 15) is 9.59 Å². The van der Waals surface area contributed by atoms with Gasteiger partial charge in [0.1, 0.15) is 0 Å². The minimum absolute atomic E-state index is 0.0229. The number of nitrogens with zero attached hydrogens (tertiary/aromatic N) is 2. The van der Waals surface area contributed by atoms with Gasteiger partial charge in [0.25, 0.3) is 0 Å². The Labute approximate surface area is 169 Å². The van der Waals surface area contributed by atoms with Crippen LogP contribution in [0.4, 0.5) is 5.69 Å². The smallest absolute Gasteiger partial charge is 0.243 e. The van der Waals surface area contributed by atoms with Crippen LogP contribution in [0.3, 0.4) is 0 Å². The van der Waals surface area contributed by atoms with Crippen molar-refractivity contribution in [2.75, 3.05) is 32.5 Å². The third-order valence-corrected chi connectivity index (χ3v) is 5.05. The highest BCUT2D eigenvalue weighted by atomic mass is 79.9. The van der Waals surface area contributed by atoms with Crippen molar-refractivity contribution in [2.24, 2.45) is 0 Å². The Morgan fingerprint density at radius 3 is 2.44 bits per heavy atom. The van der Waals surface area contributed by atoms with Crippen molar-refractivity contribution in [3.63, 3.8) is 0 Å². The molecule has 0 spiro atoms. The fourth-order valence-electron chi connectivity index (χ4n) is 2.69. The molecule has 0 radical (unpaired) electrons. The van der Waals surface area contributed by atoms with Crippen LogP contribution in [0.5, 0.6) is 0 Å². The molecule has 6 heteroatoms. The molecule has 144 valence electrons. The van der Waals surface area contributed by atoms with Gasteiger partial charge in [-0.3, -0.25) is 14.5 Å². The van der Waals surface area contributed by atoms with Crippen LogP contribution in [0.25, 0.3) is 0 Å². The van der Waals surface area contributed by atoms with E-state index in [0.29, 0.717) is 6.54 Å². The largest absolute Gasteiger partial charge is 0.335 e. The van der Waals surface area contributed by atoms with Gasteiger partial charge >= 0.3 is 0 Å². The topological polar surface area (TPSA) is 52.7 Å². The van der Waals surface area contributed by atoms with E-state index in [4.69, 9.17) is 0 Å². The third kappa shape index (κ3) is 6.48. The average molecular weight is 432 g/mol. The first-order chi connectivity index (χ1) is 12.8. The van der Waals surface area contributed by atoms with Gasteiger partial charge in [0.05, 0.1) is 13.1 Å². The fourth-order valence-corrected chi connectivity index (χ4v) is 3.10. The Kier molecular flexibility index (Phi) is 7.56. The molecule has 0 saturated carbocycles. The van der Waals surface area contributed by atoms with E-state index in [-0.39, 0.29) is 24.9 Å². The molecule has 0 aliphatic carbocycles. The second kappa shape index (κ2) is 9.67. The summed E-state index contributed by atoms with van der Waals surface area (Å²) in [5, 5.41) is 2.88. The summed E-state index contributed by atoms with van der Waals surface area (Å²) in [7, 11) is 3.54. The van der Waals surface area contributed by atoms with Crippen LogP contribution in [-0.4, -0.2) is 48.8 Å². The summed E-state index contributed by atoms with van der Waals surface area (Å²) in [6, 6.07) is 13.8. The summed E-state index contributed by atoms with van der Waals surface area (Å²) in [5.74, 6) is -0.298. The molecule has 0 heterocycles. The quantitative estimate of drug-likeness (QED) is 0.728. The number of amides is 2. The Balaban J connectivity index is 1.86. The zero-order chi connectivity index (χ0) is 20.0. The SMILES string of the molecule is Cc1ccc(C)c(NC(=O)CN(C)C(=O)CN(C)Cc2ccccc2Br)c1. The number of carbonyl (C=O) groups excluding carboxylic acids is 2. The molecule has 2 aromatic rings. The maximum absolute atomic E-state index is 12.4. The minimum Gasteiger partial charge on any atom is -0.335 e.